The van der Waals surface area contributed by atoms with Crippen LogP contribution in [0.5, 0.6) is 0 Å². The molecule has 0 atom stereocenters. The van der Waals surface area contributed by atoms with E-state index in [1.165, 1.54) is 0 Å². The van der Waals surface area contributed by atoms with Gasteiger partial charge in [0.2, 0.25) is 0 Å². The Morgan fingerprint density at radius 3 is 2.14 bits per heavy atom. The molecule has 3 heterocycles. The van der Waals surface area contributed by atoms with Crippen LogP contribution < -0.4 is 0 Å². The van der Waals surface area contributed by atoms with Gasteiger partial charge in [-0.15, -0.1) is 10.2 Å². The molecule has 3 aromatic rings. The van der Waals surface area contributed by atoms with Crippen molar-refractivity contribution in [2.45, 2.75) is 6.42 Å². The van der Waals surface area contributed by atoms with Gasteiger partial charge >= 0.3 is 0 Å². The molecule has 5 nitrogen and oxygen atoms in total. The molecule has 0 amide bonds. The van der Waals surface area contributed by atoms with E-state index in [1.807, 2.05) is 42.5 Å². The lowest BCUT2D eigenvalue weighted by Gasteiger charge is -2.08. The van der Waals surface area contributed by atoms with Crippen LogP contribution in [-0.2, 0) is 6.42 Å². The summed E-state index contributed by atoms with van der Waals surface area (Å²) in [6, 6.07) is 13.2. The van der Waals surface area contributed by atoms with Crippen LogP contribution in [0.25, 0.3) is 22.8 Å². The Bertz CT molecular complexity index is 717. The van der Waals surface area contributed by atoms with E-state index in [9.17, 15) is 5.11 Å². The summed E-state index contributed by atoms with van der Waals surface area (Å²) in [5.74, 6) is 0. The maximum Gasteiger partial charge on any atom is 0.115 e. The highest BCUT2D eigenvalue weighted by molar-refractivity contribution is 5.63. The molecule has 0 radical (unpaired) electrons. The van der Waals surface area contributed by atoms with Crippen molar-refractivity contribution in [2.75, 3.05) is 6.61 Å². The molecule has 0 aliphatic heterocycles. The quantitative estimate of drug-likeness (QED) is 0.791. The molecule has 0 saturated carbocycles. The number of hydrogen-bond acceptors (Lipinski definition) is 5. The lowest BCUT2D eigenvalue weighted by atomic mass is 10.1. The van der Waals surface area contributed by atoms with Crippen molar-refractivity contribution in [3.63, 3.8) is 0 Å². The molecule has 0 aromatic carbocycles. The number of nitrogens with zero attached hydrogens (tertiary/aromatic N) is 4. The van der Waals surface area contributed by atoms with Crippen LogP contribution in [0.4, 0.5) is 0 Å². The Labute approximate surface area is 122 Å². The van der Waals surface area contributed by atoms with Gasteiger partial charge in [-0.1, -0.05) is 12.1 Å². The highest BCUT2D eigenvalue weighted by Crippen LogP contribution is 2.22. The number of aliphatic hydroxyl groups excluding tert-OH is 1. The van der Waals surface area contributed by atoms with Crippen LogP contribution in [0.2, 0.25) is 0 Å². The summed E-state index contributed by atoms with van der Waals surface area (Å²) >= 11 is 0. The summed E-state index contributed by atoms with van der Waals surface area (Å²) < 4.78 is 0. The predicted molar refractivity (Wildman–Crippen MR) is 79.3 cm³/mol. The topological polar surface area (TPSA) is 71.8 Å². The summed E-state index contributed by atoms with van der Waals surface area (Å²) in [5.41, 5.74) is 3.81. The van der Waals surface area contributed by atoms with E-state index in [4.69, 9.17) is 0 Å². The smallest absolute Gasteiger partial charge is 0.115 e. The van der Waals surface area contributed by atoms with Gasteiger partial charge in [-0.05, 0) is 42.3 Å². The third kappa shape index (κ3) is 2.93. The molecule has 0 fully saturated rings. The van der Waals surface area contributed by atoms with Crippen LogP contribution in [-0.4, -0.2) is 31.9 Å². The average molecular weight is 278 g/mol. The summed E-state index contributed by atoms with van der Waals surface area (Å²) in [6.45, 7) is 0.0488. The van der Waals surface area contributed by atoms with Crippen LogP contribution in [0.3, 0.4) is 0 Å². The van der Waals surface area contributed by atoms with Gasteiger partial charge in [0.05, 0.1) is 11.4 Å². The predicted octanol–water partition coefficient (Wildman–Crippen LogP) is 2.14. The number of hydrogen-bond donors (Lipinski definition) is 1. The Hall–Kier alpha value is -2.66. The third-order valence-electron chi connectivity index (χ3n) is 3.09. The van der Waals surface area contributed by atoms with Crippen LogP contribution >= 0.6 is 0 Å². The third-order valence-corrected chi connectivity index (χ3v) is 3.09. The summed E-state index contributed by atoms with van der Waals surface area (Å²) in [6.07, 6.45) is 3.93. The van der Waals surface area contributed by atoms with E-state index in [-0.39, 0.29) is 6.61 Å². The molecule has 0 aliphatic rings. The second-order valence-electron chi connectivity index (χ2n) is 4.51. The first kappa shape index (κ1) is 13.3. The molecule has 3 aromatic heterocycles. The Kier molecular flexibility index (Phi) is 3.93. The zero-order chi connectivity index (χ0) is 14.5. The second-order valence-corrected chi connectivity index (χ2v) is 4.51. The van der Waals surface area contributed by atoms with Gasteiger partial charge < -0.3 is 5.11 Å². The maximum absolute atomic E-state index is 9.27. The number of aromatic nitrogens is 4. The van der Waals surface area contributed by atoms with Gasteiger partial charge in [-0.3, -0.25) is 9.97 Å². The zero-order valence-corrected chi connectivity index (χ0v) is 11.3. The first-order chi connectivity index (χ1) is 10.4. The van der Waals surface area contributed by atoms with Crippen molar-refractivity contribution in [3.05, 3.63) is 60.4 Å². The van der Waals surface area contributed by atoms with Crippen molar-refractivity contribution in [1.82, 2.24) is 20.2 Å². The monoisotopic (exact) mass is 278 g/mol. The standard InChI is InChI=1S/C16H14N4O/c21-10-7-12-11-15(13-5-1-3-8-17-13)19-20-16(12)14-6-2-4-9-18-14/h1-6,8-9,11,21H,7,10H2. The highest BCUT2D eigenvalue weighted by Gasteiger charge is 2.11. The van der Waals surface area contributed by atoms with Crippen molar-refractivity contribution in [2.24, 2.45) is 0 Å². The summed E-state index contributed by atoms with van der Waals surface area (Å²) in [4.78, 5) is 8.57. The van der Waals surface area contributed by atoms with E-state index >= 15 is 0 Å². The molecule has 21 heavy (non-hydrogen) atoms. The molecule has 104 valence electrons. The molecule has 1 N–H and O–H groups in total. The van der Waals surface area contributed by atoms with Crippen molar-refractivity contribution in [1.29, 1.82) is 0 Å². The van der Waals surface area contributed by atoms with E-state index in [0.29, 0.717) is 17.8 Å². The minimum atomic E-state index is 0.0488. The molecule has 0 saturated heterocycles. The van der Waals surface area contributed by atoms with Gasteiger partial charge in [0.1, 0.15) is 11.4 Å². The van der Waals surface area contributed by atoms with Crippen molar-refractivity contribution < 1.29 is 5.11 Å². The van der Waals surface area contributed by atoms with E-state index in [0.717, 1.165) is 17.0 Å². The molecule has 0 bridgehead atoms. The van der Waals surface area contributed by atoms with Gasteiger partial charge in [-0.25, -0.2) is 0 Å². The molecule has 3 rings (SSSR count). The van der Waals surface area contributed by atoms with Crippen LogP contribution in [0.1, 0.15) is 5.56 Å². The minimum absolute atomic E-state index is 0.0488. The lowest BCUT2D eigenvalue weighted by Crippen LogP contribution is -2.02. The molecule has 5 heteroatoms. The minimum Gasteiger partial charge on any atom is -0.396 e. The fourth-order valence-electron chi connectivity index (χ4n) is 2.10. The van der Waals surface area contributed by atoms with Crippen LogP contribution in [0.15, 0.2) is 54.9 Å². The molecular formula is C16H14N4O. The number of aliphatic hydroxyl groups is 1. The van der Waals surface area contributed by atoms with Gasteiger partial charge in [-0.2, -0.15) is 0 Å². The summed E-state index contributed by atoms with van der Waals surface area (Å²) in [7, 11) is 0. The van der Waals surface area contributed by atoms with Gasteiger partial charge in [0, 0.05) is 19.0 Å². The fraction of sp³-hybridized carbons (Fsp3) is 0.125. The first-order valence-corrected chi connectivity index (χ1v) is 6.69. The molecule has 0 spiro atoms. The molecule has 0 unspecified atom stereocenters. The van der Waals surface area contributed by atoms with E-state index in [1.54, 1.807) is 12.4 Å². The van der Waals surface area contributed by atoms with Crippen molar-refractivity contribution >= 4 is 0 Å². The highest BCUT2D eigenvalue weighted by atomic mass is 16.2. The van der Waals surface area contributed by atoms with E-state index < -0.39 is 0 Å². The SMILES string of the molecule is OCCc1cc(-c2ccccn2)nnc1-c1ccccn1. The van der Waals surface area contributed by atoms with E-state index in [2.05, 4.69) is 20.2 Å². The average Bonchev–Trinajstić information content (AvgIpc) is 2.57. The largest absolute Gasteiger partial charge is 0.396 e. The molecular weight excluding hydrogens is 264 g/mol. The Morgan fingerprint density at radius 2 is 1.52 bits per heavy atom. The fourth-order valence-corrected chi connectivity index (χ4v) is 2.10. The zero-order valence-electron chi connectivity index (χ0n) is 11.3. The number of rotatable bonds is 4. The van der Waals surface area contributed by atoms with Crippen molar-refractivity contribution in [3.8, 4) is 22.8 Å². The van der Waals surface area contributed by atoms with Crippen LogP contribution in [0, 0.1) is 0 Å². The normalized spacial score (nSPS) is 10.5. The first-order valence-electron chi connectivity index (χ1n) is 6.69. The van der Waals surface area contributed by atoms with Gasteiger partial charge in [0.25, 0.3) is 0 Å². The lowest BCUT2D eigenvalue weighted by molar-refractivity contribution is 0.299. The Morgan fingerprint density at radius 1 is 0.810 bits per heavy atom. The number of pyridine rings is 2. The molecule has 0 aliphatic carbocycles. The maximum atomic E-state index is 9.27. The Balaban J connectivity index is 2.07. The summed E-state index contributed by atoms with van der Waals surface area (Å²) in [5, 5.41) is 17.8. The second kappa shape index (κ2) is 6.19. The van der Waals surface area contributed by atoms with Gasteiger partial charge in [0.15, 0.2) is 0 Å².